The first kappa shape index (κ1) is 8.82. The van der Waals surface area contributed by atoms with E-state index < -0.39 is 0 Å². The van der Waals surface area contributed by atoms with Crippen LogP contribution in [-0.4, -0.2) is 0 Å². The molecule has 0 aliphatic rings. The zero-order chi connectivity index (χ0) is 2.71. The quantitative estimate of drug-likeness (QED) is 0.410. The first-order chi connectivity index (χ1) is 1.41. The van der Waals surface area contributed by atoms with E-state index in [-0.39, 0.29) is 21.7 Å². The summed E-state index contributed by atoms with van der Waals surface area (Å²) in [6.07, 6.45) is 0. The van der Waals surface area contributed by atoms with Gasteiger partial charge in [-0.05, 0) is 9.05 Å². The molecule has 0 aromatic heterocycles. The predicted molar refractivity (Wildman–Crippen MR) is 3.30 cm³/mol. The summed E-state index contributed by atoms with van der Waals surface area (Å²) in [4.78, 5) is 0. The fourth-order valence-electron chi connectivity index (χ4n) is 0. The minimum absolute atomic E-state index is 0. The van der Waals surface area contributed by atoms with Crippen LogP contribution in [0.1, 0.15) is 0 Å². The minimum atomic E-state index is 0. The van der Waals surface area contributed by atoms with Crippen molar-refractivity contribution in [3.05, 3.63) is 0 Å². The molecule has 0 N–H and O–H groups in total. The van der Waals surface area contributed by atoms with Crippen LogP contribution < -0.4 is 0 Å². The van der Waals surface area contributed by atoms with Gasteiger partial charge in [-0.15, -0.1) is 0 Å². The van der Waals surface area contributed by atoms with E-state index in [1.807, 2.05) is 0 Å². The molecule has 0 bridgehead atoms. The van der Waals surface area contributed by atoms with Gasteiger partial charge in [0.05, 0.1) is 0 Å². The molecule has 0 fully saturated rings. The Kier molecular flexibility index (Phi) is 21.3. The van der Waals surface area contributed by atoms with Crippen LogP contribution in [0.2, 0.25) is 0 Å². The molecule has 0 spiro atoms. The van der Waals surface area contributed by atoms with Gasteiger partial charge in [0.15, 0.2) is 0 Å². The fraction of sp³-hybridized carbons (Fsp3) is 0. The molecule has 1 nitrogen and oxygen atoms in total. The van der Waals surface area contributed by atoms with Gasteiger partial charge < -0.3 is 0 Å². The van der Waals surface area contributed by atoms with E-state index in [9.17, 15) is 0 Å². The number of rotatable bonds is 0. The summed E-state index contributed by atoms with van der Waals surface area (Å²) in [5.74, 6) is 0. The minimum Gasteiger partial charge on any atom is -0.0104 e. The smallest absolute Gasteiger partial charge is 0.0104 e. The van der Waals surface area contributed by atoms with Crippen LogP contribution in [0, 0.1) is 0 Å². The van der Waals surface area contributed by atoms with E-state index in [4.69, 9.17) is 9.05 Å². The molecule has 0 amide bonds. The van der Waals surface area contributed by atoms with Gasteiger partial charge in [0, 0.05) is 5.15 Å². The van der Waals surface area contributed by atoms with Crippen molar-refractivity contribution >= 4 is 0 Å². The summed E-state index contributed by atoms with van der Waals surface area (Å²) < 4.78 is 18.2. The molecular weight excluding hydrogens is 102 g/mol. The van der Waals surface area contributed by atoms with E-state index in [2.05, 4.69) is 0 Å². The molecule has 0 unspecified atom stereocenters. The second kappa shape index (κ2) is 9.64. The molecule has 0 aliphatic heterocycles. The maximum Gasteiger partial charge on any atom is 4.00 e. The molecule has 4 heavy (non-hydrogen) atoms. The zero-order valence-electron chi connectivity index (χ0n) is 1.66. The second-order valence-electron chi connectivity index (χ2n) is 0.0583. The average Bonchev–Trinajstić information content (AvgIpc) is 0.918. The van der Waals surface area contributed by atoms with Crippen LogP contribution in [0.3, 0.4) is 0 Å². The normalized spacial score (nSPS) is 4.50. The van der Waals surface area contributed by atoms with E-state index in [1.54, 1.807) is 0 Å². The third-order valence-electron chi connectivity index (χ3n) is 0. The SMILES string of the molecule is FOF.[Ti+4]. The van der Waals surface area contributed by atoms with Crippen molar-refractivity contribution in [3.63, 3.8) is 0 Å². The van der Waals surface area contributed by atoms with Gasteiger partial charge in [-0.2, -0.15) is 0 Å². The van der Waals surface area contributed by atoms with Gasteiger partial charge in [0.25, 0.3) is 0 Å². The molecule has 0 radical (unpaired) electrons. The Labute approximate surface area is 36.6 Å². The molecule has 0 rings (SSSR count). The first-order valence-electron chi connectivity index (χ1n) is 0.309. The van der Waals surface area contributed by atoms with Crippen molar-refractivity contribution in [1.82, 2.24) is 0 Å². The monoisotopic (exact) mass is 102 g/mol. The maximum atomic E-state index is 9.12. The summed E-state index contributed by atoms with van der Waals surface area (Å²) >= 11 is 0. The van der Waals surface area contributed by atoms with Gasteiger partial charge in [-0.25, -0.2) is 0 Å². The maximum absolute atomic E-state index is 9.12. The van der Waals surface area contributed by atoms with Crippen LogP contribution in [0.5, 0.6) is 0 Å². The summed E-state index contributed by atoms with van der Waals surface area (Å²) in [7, 11) is 0. The molecule has 0 heterocycles. The van der Waals surface area contributed by atoms with Crippen molar-refractivity contribution < 1.29 is 35.9 Å². The van der Waals surface area contributed by atoms with E-state index in [0.717, 1.165) is 0 Å². The van der Waals surface area contributed by atoms with Gasteiger partial charge in [-0.1, -0.05) is 0 Å². The third kappa shape index (κ3) is 20.9. The van der Waals surface area contributed by atoms with Crippen molar-refractivity contribution in [1.29, 1.82) is 0 Å². The molecule has 0 saturated carbocycles. The van der Waals surface area contributed by atoms with E-state index >= 15 is 0 Å². The first-order valence-corrected chi connectivity index (χ1v) is 0.309. The Hall–Kier alpha value is 0.534. The van der Waals surface area contributed by atoms with Crippen molar-refractivity contribution in [2.24, 2.45) is 0 Å². The van der Waals surface area contributed by atoms with E-state index in [0.29, 0.717) is 0 Å². The molecule has 0 aromatic rings. The van der Waals surface area contributed by atoms with Crippen molar-refractivity contribution in [2.45, 2.75) is 0 Å². The topological polar surface area (TPSA) is 9.23 Å². The van der Waals surface area contributed by atoms with Crippen LogP contribution in [-0.2, 0) is 26.9 Å². The standard InChI is InChI=1S/F2O.Ti/c1-3-2;/q;+4. The fourth-order valence-corrected chi connectivity index (χ4v) is 0. The van der Waals surface area contributed by atoms with Crippen molar-refractivity contribution in [2.75, 3.05) is 0 Å². The molecule has 20 valence electrons. The molecule has 0 aromatic carbocycles. The summed E-state index contributed by atoms with van der Waals surface area (Å²) in [6, 6.07) is 0. The van der Waals surface area contributed by atoms with E-state index in [1.165, 1.54) is 5.15 Å². The van der Waals surface area contributed by atoms with Crippen molar-refractivity contribution in [3.8, 4) is 0 Å². The molecular formula is F2OTi+4. The Morgan fingerprint density at radius 3 is 1.25 bits per heavy atom. The molecule has 0 atom stereocenters. The predicted octanol–water partition coefficient (Wildman–Crippen LogP) is 0.770. The van der Waals surface area contributed by atoms with Crippen LogP contribution in [0.15, 0.2) is 0 Å². The van der Waals surface area contributed by atoms with Gasteiger partial charge in [0.2, 0.25) is 0 Å². The average molecular weight is 102 g/mol. The van der Waals surface area contributed by atoms with Crippen LogP contribution in [0.4, 0.5) is 9.05 Å². The number of hydrogen-bond donors (Lipinski definition) is 0. The summed E-state index contributed by atoms with van der Waals surface area (Å²) in [5.41, 5.74) is 0. The number of halogens is 2. The Morgan fingerprint density at radius 1 is 1.25 bits per heavy atom. The zero-order valence-corrected chi connectivity index (χ0v) is 3.23. The van der Waals surface area contributed by atoms with Gasteiger partial charge >= 0.3 is 21.7 Å². The summed E-state index contributed by atoms with van der Waals surface area (Å²) in [5, 5.41) is 1.25. The van der Waals surface area contributed by atoms with Crippen LogP contribution >= 0.6 is 0 Å². The van der Waals surface area contributed by atoms with Gasteiger partial charge in [-0.3, -0.25) is 0 Å². The Morgan fingerprint density at radius 2 is 1.25 bits per heavy atom. The van der Waals surface area contributed by atoms with Crippen LogP contribution in [0.25, 0.3) is 0 Å². The third-order valence-corrected chi connectivity index (χ3v) is 0. The Bertz CT molecular complexity index is 6.00. The number of hydrogen-bond acceptors (Lipinski definition) is 1. The second-order valence-corrected chi connectivity index (χ2v) is 0.0583. The van der Waals surface area contributed by atoms with Gasteiger partial charge in [0.1, 0.15) is 0 Å². The molecule has 0 aliphatic carbocycles. The largest absolute Gasteiger partial charge is 4.00 e. The summed E-state index contributed by atoms with van der Waals surface area (Å²) in [6.45, 7) is 0. The molecule has 0 saturated heterocycles. The Balaban J connectivity index is 0. The molecule has 4 heteroatoms.